The maximum Gasteiger partial charge on any atom is 0.414 e. The minimum absolute atomic E-state index is 0.0151. The predicted molar refractivity (Wildman–Crippen MR) is 105 cm³/mol. The summed E-state index contributed by atoms with van der Waals surface area (Å²) in [5, 5.41) is 2.28. The van der Waals surface area contributed by atoms with Gasteiger partial charge in [-0.05, 0) is 0 Å². The summed E-state index contributed by atoms with van der Waals surface area (Å²) in [6.07, 6.45) is -4.53. The molecule has 0 unspecified atom stereocenters. The lowest BCUT2D eigenvalue weighted by atomic mass is 10.2. The van der Waals surface area contributed by atoms with Crippen LogP contribution in [0.2, 0.25) is 0 Å². The Balaban J connectivity index is 1.70. The van der Waals surface area contributed by atoms with E-state index >= 15 is 0 Å². The van der Waals surface area contributed by atoms with Crippen LogP contribution in [0.1, 0.15) is 0 Å². The third kappa shape index (κ3) is 5.02. The standard InChI is InChI=1S/C16H19F4N3O4S2/c17-11-5-9(6-12(18)13(11)22-1-3-29(25,26)4-2-22)23-8-10(27-16(23)24)7-21-15(28)14(19)20/h5-6,10,14,25-26H,1-4,7-8H2,(H,21,28)/t10-/m0/s1. The summed E-state index contributed by atoms with van der Waals surface area (Å²) in [6, 6.07) is 1.96. The molecule has 1 aromatic rings. The average molecular weight is 457 g/mol. The van der Waals surface area contributed by atoms with E-state index < -0.39 is 45.8 Å². The molecule has 0 spiro atoms. The van der Waals surface area contributed by atoms with Crippen molar-refractivity contribution >= 4 is 45.3 Å². The molecule has 1 atom stereocenters. The van der Waals surface area contributed by atoms with Crippen LogP contribution >= 0.6 is 22.8 Å². The van der Waals surface area contributed by atoms with Crippen LogP contribution in [0.5, 0.6) is 0 Å². The molecular weight excluding hydrogens is 438 g/mol. The van der Waals surface area contributed by atoms with Crippen molar-refractivity contribution < 1.29 is 36.2 Å². The van der Waals surface area contributed by atoms with Crippen molar-refractivity contribution in [1.29, 1.82) is 0 Å². The number of anilines is 2. The van der Waals surface area contributed by atoms with E-state index in [1.807, 2.05) is 0 Å². The molecule has 3 rings (SSSR count). The van der Waals surface area contributed by atoms with Crippen molar-refractivity contribution in [3.8, 4) is 0 Å². The van der Waals surface area contributed by atoms with Crippen LogP contribution in [0.15, 0.2) is 12.1 Å². The molecule has 0 bridgehead atoms. The molecule has 7 nitrogen and oxygen atoms in total. The zero-order chi connectivity index (χ0) is 21.3. The smallest absolute Gasteiger partial charge is 0.414 e. The first kappa shape index (κ1) is 21.9. The number of benzene rings is 1. The lowest BCUT2D eigenvalue weighted by molar-refractivity contribution is 0.142. The fourth-order valence-electron chi connectivity index (χ4n) is 3.09. The van der Waals surface area contributed by atoms with Gasteiger partial charge in [-0.3, -0.25) is 14.0 Å². The Kier molecular flexibility index (Phi) is 6.41. The zero-order valence-electron chi connectivity index (χ0n) is 15.0. The second-order valence-electron chi connectivity index (χ2n) is 6.62. The number of alkyl halides is 2. The topological polar surface area (TPSA) is 85.3 Å². The summed E-state index contributed by atoms with van der Waals surface area (Å²) >= 11 is 4.44. The lowest BCUT2D eigenvalue weighted by Gasteiger charge is -2.42. The number of cyclic esters (lactones) is 1. The van der Waals surface area contributed by atoms with Gasteiger partial charge in [0.05, 0.1) is 30.3 Å². The number of amides is 1. The van der Waals surface area contributed by atoms with Crippen molar-refractivity contribution in [2.75, 3.05) is 47.5 Å². The van der Waals surface area contributed by atoms with Crippen LogP contribution < -0.4 is 15.1 Å². The first-order valence-electron chi connectivity index (χ1n) is 8.59. The maximum atomic E-state index is 14.6. The predicted octanol–water partition coefficient (Wildman–Crippen LogP) is 3.04. The molecule has 2 heterocycles. The minimum atomic E-state index is -2.84. The SMILES string of the molecule is O=C1O[C@@H](CNC(=S)C(F)F)CN1c1cc(F)c(N2CCS(O)(O)CC2)c(F)c1. The molecule has 0 aliphatic carbocycles. The largest absolute Gasteiger partial charge is 0.442 e. The summed E-state index contributed by atoms with van der Waals surface area (Å²) in [6.45, 7) is -0.0900. The van der Waals surface area contributed by atoms with Crippen LogP contribution in [0, 0.1) is 11.6 Å². The molecule has 2 fully saturated rings. The molecule has 1 aromatic carbocycles. The van der Waals surface area contributed by atoms with Crippen LogP contribution in [-0.4, -0.2) is 70.4 Å². The van der Waals surface area contributed by atoms with Crippen LogP contribution in [0.25, 0.3) is 0 Å². The lowest BCUT2D eigenvalue weighted by Crippen LogP contribution is -2.39. The molecule has 0 radical (unpaired) electrons. The van der Waals surface area contributed by atoms with E-state index in [2.05, 4.69) is 17.5 Å². The molecule has 2 aliphatic rings. The van der Waals surface area contributed by atoms with Gasteiger partial charge in [-0.15, -0.1) is 0 Å². The highest BCUT2D eigenvalue weighted by Gasteiger charge is 2.34. The number of nitrogens with zero attached hydrogens (tertiary/aromatic N) is 2. The molecule has 2 saturated heterocycles. The van der Waals surface area contributed by atoms with Gasteiger partial charge in [0, 0.05) is 25.2 Å². The third-order valence-corrected chi connectivity index (χ3v) is 6.58. The normalized spacial score (nSPS) is 22.6. The fourth-order valence-corrected chi connectivity index (χ4v) is 4.40. The highest BCUT2D eigenvalue weighted by atomic mass is 32.3. The average Bonchev–Trinajstić information content (AvgIpc) is 3.01. The van der Waals surface area contributed by atoms with E-state index in [4.69, 9.17) is 4.74 Å². The summed E-state index contributed by atoms with van der Waals surface area (Å²) in [5.74, 6) is -1.79. The van der Waals surface area contributed by atoms with Crippen LogP contribution in [0.3, 0.4) is 0 Å². The Morgan fingerprint density at radius 3 is 2.41 bits per heavy atom. The fraction of sp³-hybridized carbons (Fsp3) is 0.500. The van der Waals surface area contributed by atoms with Gasteiger partial charge in [0.1, 0.15) is 16.8 Å². The van der Waals surface area contributed by atoms with E-state index in [-0.39, 0.29) is 49.1 Å². The van der Waals surface area contributed by atoms with Crippen molar-refractivity contribution in [2.45, 2.75) is 12.5 Å². The zero-order valence-corrected chi connectivity index (χ0v) is 16.6. The summed E-state index contributed by atoms with van der Waals surface area (Å²) < 4.78 is 78.3. The number of carbonyl (C=O) groups is 1. The van der Waals surface area contributed by atoms with Gasteiger partial charge in [0.15, 0.2) is 11.6 Å². The Morgan fingerprint density at radius 2 is 1.86 bits per heavy atom. The number of hydrogen-bond acceptors (Lipinski definition) is 6. The quantitative estimate of drug-likeness (QED) is 0.463. The number of carbonyl (C=O) groups excluding carboxylic acids is 1. The summed E-state index contributed by atoms with van der Waals surface area (Å²) in [5.41, 5.74) is -0.384. The Hall–Kier alpha value is -1.83. The molecule has 29 heavy (non-hydrogen) atoms. The molecule has 3 N–H and O–H groups in total. The van der Waals surface area contributed by atoms with Crippen LogP contribution in [0.4, 0.5) is 33.7 Å². The number of hydrogen-bond donors (Lipinski definition) is 3. The molecule has 0 aromatic heterocycles. The first-order chi connectivity index (χ1) is 13.6. The van der Waals surface area contributed by atoms with Gasteiger partial charge >= 0.3 is 6.09 Å². The minimum Gasteiger partial charge on any atom is -0.442 e. The number of rotatable bonds is 5. The second kappa shape index (κ2) is 8.50. The van der Waals surface area contributed by atoms with Crippen molar-refractivity contribution in [3.05, 3.63) is 23.8 Å². The monoisotopic (exact) mass is 457 g/mol. The molecule has 2 aliphatic heterocycles. The first-order valence-corrected chi connectivity index (χ1v) is 10.9. The number of thiocarbonyl (C=S) groups is 1. The van der Waals surface area contributed by atoms with Crippen molar-refractivity contribution in [3.63, 3.8) is 0 Å². The molecular formula is C16H19F4N3O4S2. The number of nitrogens with one attached hydrogen (secondary N) is 1. The van der Waals surface area contributed by atoms with Gasteiger partial charge in [-0.1, -0.05) is 12.2 Å². The maximum absolute atomic E-state index is 14.6. The second-order valence-corrected chi connectivity index (χ2v) is 9.48. The highest BCUT2D eigenvalue weighted by Crippen LogP contribution is 2.42. The third-order valence-electron chi connectivity index (χ3n) is 4.58. The van der Waals surface area contributed by atoms with Gasteiger partial charge in [0.2, 0.25) is 0 Å². The summed E-state index contributed by atoms with van der Waals surface area (Å²) in [4.78, 5) is 13.7. The van der Waals surface area contributed by atoms with E-state index in [9.17, 15) is 31.5 Å². The Bertz CT molecular complexity index is 781. The Labute approximate surface area is 171 Å². The highest BCUT2D eigenvalue weighted by molar-refractivity contribution is 8.24. The Morgan fingerprint density at radius 1 is 1.28 bits per heavy atom. The van der Waals surface area contributed by atoms with Gasteiger partial charge in [-0.25, -0.2) is 22.4 Å². The van der Waals surface area contributed by atoms with Gasteiger partial charge in [0.25, 0.3) is 6.43 Å². The molecule has 1 amide bonds. The van der Waals surface area contributed by atoms with E-state index in [1.54, 1.807) is 0 Å². The number of ether oxygens (including phenoxy) is 1. The van der Waals surface area contributed by atoms with Crippen LogP contribution in [-0.2, 0) is 4.74 Å². The van der Waals surface area contributed by atoms with E-state index in [0.717, 1.165) is 17.0 Å². The van der Waals surface area contributed by atoms with E-state index in [0.29, 0.717) is 0 Å². The van der Waals surface area contributed by atoms with Gasteiger partial charge < -0.3 is 15.0 Å². The molecule has 13 heteroatoms. The summed E-state index contributed by atoms with van der Waals surface area (Å²) in [7, 11) is -2.72. The van der Waals surface area contributed by atoms with Crippen molar-refractivity contribution in [2.24, 2.45) is 0 Å². The van der Waals surface area contributed by atoms with Crippen molar-refractivity contribution in [1.82, 2.24) is 5.32 Å². The van der Waals surface area contributed by atoms with E-state index in [1.165, 1.54) is 4.90 Å². The molecule has 0 saturated carbocycles. The molecule has 162 valence electrons. The number of halogens is 4. The van der Waals surface area contributed by atoms with Gasteiger partial charge in [-0.2, -0.15) is 10.6 Å².